The Labute approximate surface area is 140 Å². The smallest absolute Gasteiger partial charge is 0.115 e. The lowest BCUT2D eigenvalue weighted by Crippen LogP contribution is -2.21. The van der Waals surface area contributed by atoms with Gasteiger partial charge in [-0.15, -0.1) is 0 Å². The molecule has 6 heteroatoms. The largest absolute Gasteiger partial charge is 0.245 e. The third-order valence-electron chi connectivity index (χ3n) is 4.78. The maximum atomic E-state index is 4.48. The molecule has 1 aliphatic carbocycles. The molecular formula is C18H18N6. The third-order valence-corrected chi connectivity index (χ3v) is 4.78. The highest BCUT2D eigenvalue weighted by Crippen LogP contribution is 2.46. The number of hydrogen-bond donors (Lipinski definition) is 0. The molecule has 0 amide bonds. The third kappa shape index (κ3) is 3.13. The Morgan fingerprint density at radius 1 is 0.542 bits per heavy atom. The molecule has 0 atom stereocenters. The van der Waals surface area contributed by atoms with Gasteiger partial charge in [-0.05, 0) is 37.5 Å². The van der Waals surface area contributed by atoms with Crippen LogP contribution >= 0.6 is 0 Å². The second-order valence-electron chi connectivity index (χ2n) is 6.20. The fraction of sp³-hybridized carbons (Fsp3) is 0.333. The van der Waals surface area contributed by atoms with Crippen LogP contribution in [0.3, 0.4) is 0 Å². The number of aromatic nitrogens is 6. The lowest BCUT2D eigenvalue weighted by atomic mass is 9.71. The van der Waals surface area contributed by atoms with Crippen molar-refractivity contribution in [2.75, 3.05) is 0 Å². The van der Waals surface area contributed by atoms with Crippen LogP contribution in [-0.2, 0) is 0 Å². The summed E-state index contributed by atoms with van der Waals surface area (Å²) in [5, 5.41) is 0. The SMILES string of the molecule is c1cc(C2CC(c3ccncn3)CC(c3ccncn3)C2)ncn1. The van der Waals surface area contributed by atoms with Gasteiger partial charge in [0.05, 0.1) is 0 Å². The average Bonchev–Trinajstić information content (AvgIpc) is 2.70. The summed E-state index contributed by atoms with van der Waals surface area (Å²) in [6.07, 6.45) is 13.4. The van der Waals surface area contributed by atoms with Crippen molar-refractivity contribution in [1.82, 2.24) is 29.9 Å². The lowest BCUT2D eigenvalue weighted by Gasteiger charge is -2.34. The zero-order valence-corrected chi connectivity index (χ0v) is 13.2. The van der Waals surface area contributed by atoms with Gasteiger partial charge in [-0.3, -0.25) is 0 Å². The molecule has 0 radical (unpaired) electrons. The monoisotopic (exact) mass is 318 g/mol. The summed E-state index contributed by atoms with van der Waals surface area (Å²) in [6.45, 7) is 0. The van der Waals surface area contributed by atoms with Gasteiger partial charge in [0.25, 0.3) is 0 Å². The molecule has 3 heterocycles. The second-order valence-corrected chi connectivity index (χ2v) is 6.20. The minimum Gasteiger partial charge on any atom is -0.245 e. The van der Waals surface area contributed by atoms with Gasteiger partial charge in [0.15, 0.2) is 0 Å². The van der Waals surface area contributed by atoms with E-state index in [2.05, 4.69) is 29.9 Å². The first-order valence-electron chi connectivity index (χ1n) is 8.18. The lowest BCUT2D eigenvalue weighted by molar-refractivity contribution is 0.338. The molecule has 0 spiro atoms. The van der Waals surface area contributed by atoms with Gasteiger partial charge >= 0.3 is 0 Å². The van der Waals surface area contributed by atoms with E-state index < -0.39 is 0 Å². The minimum atomic E-state index is 0.377. The van der Waals surface area contributed by atoms with E-state index in [9.17, 15) is 0 Å². The standard InChI is InChI=1S/C18H18N6/c1-4-19-10-22-16(1)13-7-14(17-2-5-20-11-23-17)9-15(8-13)18-3-6-21-12-24-18/h1-6,10-15H,7-9H2. The van der Waals surface area contributed by atoms with Crippen molar-refractivity contribution < 1.29 is 0 Å². The molecule has 0 unspecified atom stereocenters. The van der Waals surface area contributed by atoms with E-state index in [1.165, 1.54) is 0 Å². The van der Waals surface area contributed by atoms with Crippen molar-refractivity contribution in [3.05, 3.63) is 72.9 Å². The Morgan fingerprint density at radius 2 is 0.875 bits per heavy atom. The van der Waals surface area contributed by atoms with E-state index in [0.29, 0.717) is 17.8 Å². The van der Waals surface area contributed by atoms with Crippen molar-refractivity contribution in [3.63, 3.8) is 0 Å². The van der Waals surface area contributed by atoms with E-state index >= 15 is 0 Å². The maximum absolute atomic E-state index is 4.48. The molecule has 1 saturated carbocycles. The van der Waals surface area contributed by atoms with Gasteiger partial charge < -0.3 is 0 Å². The molecule has 6 nitrogen and oxygen atoms in total. The van der Waals surface area contributed by atoms with Crippen molar-refractivity contribution in [3.8, 4) is 0 Å². The van der Waals surface area contributed by atoms with Crippen molar-refractivity contribution >= 4 is 0 Å². The Bertz CT molecular complexity index is 651. The van der Waals surface area contributed by atoms with E-state index in [1.807, 2.05) is 36.8 Å². The summed E-state index contributed by atoms with van der Waals surface area (Å²) in [5.41, 5.74) is 3.30. The molecule has 3 aromatic rings. The summed E-state index contributed by atoms with van der Waals surface area (Å²) in [5.74, 6) is 1.13. The first-order valence-corrected chi connectivity index (χ1v) is 8.18. The van der Waals surface area contributed by atoms with Crippen LogP contribution in [0.4, 0.5) is 0 Å². The summed E-state index contributed by atoms with van der Waals surface area (Å²) < 4.78 is 0. The molecule has 0 saturated heterocycles. The van der Waals surface area contributed by atoms with Crippen LogP contribution in [0.2, 0.25) is 0 Å². The van der Waals surface area contributed by atoms with Gasteiger partial charge in [-0.25, -0.2) is 29.9 Å². The molecule has 0 N–H and O–H groups in total. The molecule has 24 heavy (non-hydrogen) atoms. The van der Waals surface area contributed by atoms with Crippen molar-refractivity contribution in [2.45, 2.75) is 37.0 Å². The van der Waals surface area contributed by atoms with Crippen LogP contribution in [0.1, 0.15) is 54.1 Å². The Kier molecular flexibility index (Phi) is 4.18. The van der Waals surface area contributed by atoms with E-state index in [1.54, 1.807) is 19.0 Å². The van der Waals surface area contributed by atoms with Gasteiger partial charge in [-0.2, -0.15) is 0 Å². The second kappa shape index (κ2) is 6.78. The predicted molar refractivity (Wildman–Crippen MR) is 88.2 cm³/mol. The molecule has 0 aliphatic heterocycles. The van der Waals surface area contributed by atoms with Gasteiger partial charge in [0.1, 0.15) is 19.0 Å². The molecule has 1 fully saturated rings. The highest BCUT2D eigenvalue weighted by molar-refractivity contribution is 5.19. The van der Waals surface area contributed by atoms with Crippen molar-refractivity contribution in [1.29, 1.82) is 0 Å². The summed E-state index contributed by atoms with van der Waals surface area (Å²) in [6, 6.07) is 6.05. The molecule has 3 aromatic heterocycles. The van der Waals surface area contributed by atoms with E-state index in [-0.39, 0.29) is 0 Å². The van der Waals surface area contributed by atoms with Gasteiger partial charge in [-0.1, -0.05) is 0 Å². The predicted octanol–water partition coefficient (Wildman–Crippen LogP) is 2.89. The topological polar surface area (TPSA) is 77.3 Å². The maximum Gasteiger partial charge on any atom is 0.115 e. The zero-order chi connectivity index (χ0) is 16.2. The fourth-order valence-electron chi connectivity index (χ4n) is 3.67. The Morgan fingerprint density at radius 3 is 1.12 bits per heavy atom. The average molecular weight is 318 g/mol. The fourth-order valence-corrected chi connectivity index (χ4v) is 3.67. The number of rotatable bonds is 3. The van der Waals surface area contributed by atoms with Crippen molar-refractivity contribution in [2.24, 2.45) is 0 Å². The zero-order valence-electron chi connectivity index (χ0n) is 13.2. The van der Waals surface area contributed by atoms with E-state index in [4.69, 9.17) is 0 Å². The summed E-state index contributed by atoms with van der Waals surface area (Å²) in [7, 11) is 0. The van der Waals surface area contributed by atoms with Crippen LogP contribution in [-0.4, -0.2) is 29.9 Å². The summed E-state index contributed by atoms with van der Waals surface area (Å²) in [4.78, 5) is 25.6. The highest BCUT2D eigenvalue weighted by Gasteiger charge is 2.33. The molecule has 0 bridgehead atoms. The van der Waals surface area contributed by atoms with E-state index in [0.717, 1.165) is 36.3 Å². The molecule has 0 aromatic carbocycles. The quantitative estimate of drug-likeness (QED) is 0.739. The van der Waals surface area contributed by atoms with Crippen LogP contribution in [0, 0.1) is 0 Å². The molecule has 120 valence electrons. The number of nitrogens with zero attached hydrogens (tertiary/aromatic N) is 6. The highest BCUT2D eigenvalue weighted by atomic mass is 14.8. The number of hydrogen-bond acceptors (Lipinski definition) is 6. The van der Waals surface area contributed by atoms with Crippen LogP contribution < -0.4 is 0 Å². The molecule has 4 rings (SSSR count). The summed E-state index contributed by atoms with van der Waals surface area (Å²) >= 11 is 0. The Balaban J connectivity index is 1.66. The molecular weight excluding hydrogens is 300 g/mol. The minimum absolute atomic E-state index is 0.377. The van der Waals surface area contributed by atoms with Crippen LogP contribution in [0.25, 0.3) is 0 Å². The molecule has 1 aliphatic rings. The van der Waals surface area contributed by atoms with Crippen LogP contribution in [0.5, 0.6) is 0 Å². The first-order chi connectivity index (χ1) is 11.9. The van der Waals surface area contributed by atoms with Gasteiger partial charge in [0, 0.05) is 53.4 Å². The first kappa shape index (κ1) is 14.8. The van der Waals surface area contributed by atoms with Crippen LogP contribution in [0.15, 0.2) is 55.8 Å². The van der Waals surface area contributed by atoms with Gasteiger partial charge in [0.2, 0.25) is 0 Å². The Hall–Kier alpha value is -2.76. The normalized spacial score (nSPS) is 23.8.